The van der Waals surface area contributed by atoms with Crippen LogP contribution in [0.4, 0.5) is 14.4 Å². The Hall–Kier alpha value is -0.0674. The van der Waals surface area contributed by atoms with Crippen LogP contribution in [-0.2, 0) is 80.3 Å². The molecule has 3 rings (SSSR count). The van der Waals surface area contributed by atoms with Crippen LogP contribution in [0.2, 0.25) is 207 Å². The first kappa shape index (κ1) is 86.9. The number of ether oxygens (including phenoxy) is 10. The Morgan fingerprint density at radius 1 is 0.310 bits per heavy atom. The number of cyclic esters (lactones) is 6. The van der Waals surface area contributed by atoms with Gasteiger partial charge in [0.25, 0.3) is 0 Å². The van der Waals surface area contributed by atoms with Gasteiger partial charge >= 0.3 is 52.7 Å². The lowest BCUT2D eigenvalue weighted by Crippen LogP contribution is -2.52. The summed E-state index contributed by atoms with van der Waals surface area (Å²) in [4.78, 5) is 32.7. The topological polar surface area (TPSA) is 217 Å². The van der Waals surface area contributed by atoms with Gasteiger partial charge < -0.3 is 80.3 Å². The lowest BCUT2D eigenvalue weighted by molar-refractivity contribution is 0.0459. The number of carbonyl (C=O) groups excluding carboxylic acids is 3. The Balaban J connectivity index is 0.00000123. The molecular formula is C54H128O21Si12. The van der Waals surface area contributed by atoms with Crippen molar-refractivity contribution in [3.8, 4) is 0 Å². The molecule has 3 fully saturated rings. The fraction of sp³-hybridized carbons (Fsp3) is 0.944. The third-order valence-electron chi connectivity index (χ3n) is 11.7. The zero-order valence-electron chi connectivity index (χ0n) is 60.2. The van der Waals surface area contributed by atoms with Gasteiger partial charge in [0.2, 0.25) is 0 Å². The van der Waals surface area contributed by atoms with Gasteiger partial charge in [0.15, 0.2) is 84.9 Å². The minimum Gasteiger partial charge on any atom is -0.437 e. The van der Waals surface area contributed by atoms with Crippen LogP contribution >= 0.6 is 0 Å². The van der Waals surface area contributed by atoms with E-state index < -0.39 is 119 Å². The molecule has 0 aromatic heterocycles. The summed E-state index contributed by atoms with van der Waals surface area (Å²) in [5.41, 5.74) is 0. The average molecular weight is 1450 g/mol. The predicted octanol–water partition coefficient (Wildman–Crippen LogP) is 15.3. The zero-order valence-corrected chi connectivity index (χ0v) is 72.2. The number of unbranched alkanes of at least 4 members (excludes halogenated alkanes) is 1. The third-order valence-corrected chi connectivity index (χ3v) is 52.3. The average Bonchev–Trinajstić information content (AvgIpc) is 2.56. The molecule has 0 bridgehead atoms. The van der Waals surface area contributed by atoms with Gasteiger partial charge in [0.1, 0.15) is 19.8 Å². The van der Waals surface area contributed by atoms with E-state index in [0.29, 0.717) is 39.6 Å². The molecule has 33 heteroatoms. The molecule has 0 N–H and O–H groups in total. The van der Waals surface area contributed by atoms with E-state index in [9.17, 15) is 14.4 Å². The maximum atomic E-state index is 10.9. The molecule has 0 radical (unpaired) electrons. The van der Waals surface area contributed by atoms with Crippen LogP contribution in [0.5, 0.6) is 0 Å². The first-order valence-electron chi connectivity index (χ1n) is 31.5. The number of hydrogen-bond donors (Lipinski definition) is 0. The van der Waals surface area contributed by atoms with Gasteiger partial charge in [-0.1, -0.05) is 6.42 Å². The van der Waals surface area contributed by atoms with Crippen LogP contribution in [0.1, 0.15) is 32.1 Å². The van der Waals surface area contributed by atoms with E-state index >= 15 is 0 Å². The molecule has 0 aromatic rings. The second-order valence-electron chi connectivity index (χ2n) is 30.8. The summed E-state index contributed by atoms with van der Waals surface area (Å²) < 4.78 is 102. The van der Waals surface area contributed by atoms with Gasteiger partial charge in [0, 0.05) is 33.5 Å². The van der Waals surface area contributed by atoms with E-state index in [1.165, 1.54) is 0 Å². The van der Waals surface area contributed by atoms with Gasteiger partial charge in [-0.05, 0) is 233 Å². The maximum absolute atomic E-state index is 10.9. The number of methoxy groups -OCH3 is 1. The molecular weight excluding hydrogens is 1320 g/mol. The maximum Gasteiger partial charge on any atom is 0.508 e. The predicted molar refractivity (Wildman–Crippen MR) is 377 cm³/mol. The highest BCUT2D eigenvalue weighted by Gasteiger charge is 2.42. The van der Waals surface area contributed by atoms with Crippen molar-refractivity contribution in [2.24, 2.45) is 0 Å². The first-order valence-corrected chi connectivity index (χ1v) is 68.8. The molecule has 3 atom stereocenters. The van der Waals surface area contributed by atoms with Crippen molar-refractivity contribution in [3.63, 3.8) is 0 Å². The molecule has 3 unspecified atom stereocenters. The second kappa shape index (κ2) is 38.5. The molecule has 3 aliphatic rings. The van der Waals surface area contributed by atoms with Gasteiger partial charge in [-0.15, -0.1) is 0 Å². The number of carbonyl (C=O) groups is 3. The third kappa shape index (κ3) is 51.0. The Bertz CT molecular complexity index is 1830. The molecule has 3 heterocycles. The molecule has 3 aliphatic heterocycles. The van der Waals surface area contributed by atoms with E-state index in [1.807, 2.05) is 0 Å². The molecule has 0 aromatic carbocycles. The van der Waals surface area contributed by atoms with Crippen molar-refractivity contribution in [1.29, 1.82) is 0 Å². The summed E-state index contributed by atoms with van der Waals surface area (Å²) in [5, 5.41) is 0. The zero-order chi connectivity index (χ0) is 67.6. The molecule has 518 valence electrons. The summed E-state index contributed by atoms with van der Waals surface area (Å²) in [6.45, 7) is 66.4. The monoisotopic (exact) mass is 1450 g/mol. The van der Waals surface area contributed by atoms with Crippen LogP contribution in [0.3, 0.4) is 0 Å². The molecule has 0 aliphatic carbocycles. The highest BCUT2D eigenvalue weighted by Crippen LogP contribution is 2.29. The van der Waals surface area contributed by atoms with Crippen molar-refractivity contribution >= 4 is 119 Å². The molecule has 3 saturated heterocycles. The first-order chi connectivity index (χ1) is 39.1. The SMILES string of the molecule is COCCCC[Si](C)(C)O[Si](C)(C)O[Si](C)(C)CCCOCC1COC(=O)O1.C[Si](C)(C)O[Si](C)(C)O[Si](C)(C)C.C[Si](C)(C)O[Si](C)(C)O[Si](C)(C)C.C[Si](C)(CCCOCC1COC(=O)O1)O[Si](C)(C)O[Si](C)(C)CCCOCC1COC(=O)O1. The van der Waals surface area contributed by atoms with Crippen molar-refractivity contribution in [1.82, 2.24) is 0 Å². The van der Waals surface area contributed by atoms with E-state index in [0.717, 1.165) is 62.9 Å². The largest absolute Gasteiger partial charge is 0.508 e. The van der Waals surface area contributed by atoms with Crippen LogP contribution in [0, 0.1) is 0 Å². The summed E-state index contributed by atoms with van der Waals surface area (Å²) in [7, 11) is -19.5. The summed E-state index contributed by atoms with van der Waals surface area (Å²) in [6.07, 6.45) is 2.24. The smallest absolute Gasteiger partial charge is 0.437 e. The normalized spacial score (nSPS) is 18.4. The van der Waals surface area contributed by atoms with Crippen LogP contribution in [0.15, 0.2) is 0 Å². The van der Waals surface area contributed by atoms with E-state index in [4.69, 9.17) is 80.3 Å². The van der Waals surface area contributed by atoms with Crippen molar-refractivity contribution in [3.05, 3.63) is 0 Å². The summed E-state index contributed by atoms with van der Waals surface area (Å²) in [6, 6.07) is 4.10. The summed E-state index contributed by atoms with van der Waals surface area (Å²) in [5.74, 6) is 0. The fourth-order valence-electron chi connectivity index (χ4n) is 10.5. The van der Waals surface area contributed by atoms with Gasteiger partial charge in [-0.2, -0.15) is 0 Å². The molecule has 0 saturated carbocycles. The van der Waals surface area contributed by atoms with E-state index in [2.05, 4.69) is 183 Å². The van der Waals surface area contributed by atoms with Crippen molar-refractivity contribution in [2.75, 3.05) is 73.2 Å². The van der Waals surface area contributed by atoms with Gasteiger partial charge in [0.05, 0.1) is 19.8 Å². The quantitative estimate of drug-likeness (QED) is 0.0242. The second-order valence-corrected chi connectivity index (χ2v) is 81.5. The highest BCUT2D eigenvalue weighted by molar-refractivity contribution is 6.90. The molecule has 21 nitrogen and oxygen atoms in total. The van der Waals surface area contributed by atoms with Crippen LogP contribution < -0.4 is 0 Å². The summed E-state index contributed by atoms with van der Waals surface area (Å²) >= 11 is 0. The Kier molecular flexibility index (Phi) is 38.4. The van der Waals surface area contributed by atoms with Gasteiger partial charge in [-0.25, -0.2) is 14.4 Å². The van der Waals surface area contributed by atoms with Crippen molar-refractivity contribution in [2.45, 2.75) is 258 Å². The van der Waals surface area contributed by atoms with Crippen molar-refractivity contribution < 1.29 is 94.7 Å². The highest BCUT2D eigenvalue weighted by atomic mass is 28.5. The molecule has 87 heavy (non-hydrogen) atoms. The Morgan fingerprint density at radius 2 is 0.529 bits per heavy atom. The molecule has 0 spiro atoms. The number of hydrogen-bond acceptors (Lipinski definition) is 21. The minimum atomic E-state index is -2.28. The lowest BCUT2D eigenvalue weighted by Gasteiger charge is -2.39. The molecule has 0 amide bonds. The fourth-order valence-corrected chi connectivity index (χ4v) is 63.3. The lowest BCUT2D eigenvalue weighted by atomic mass is 10.4. The van der Waals surface area contributed by atoms with E-state index in [1.54, 1.807) is 7.11 Å². The Labute approximate surface area is 541 Å². The van der Waals surface area contributed by atoms with Gasteiger partial charge in [-0.3, -0.25) is 0 Å². The Morgan fingerprint density at radius 3 is 0.724 bits per heavy atom. The van der Waals surface area contributed by atoms with E-state index in [-0.39, 0.29) is 38.1 Å². The van der Waals surface area contributed by atoms with Crippen LogP contribution in [0.25, 0.3) is 0 Å². The number of rotatable bonds is 39. The standard InChI is InChI=1S/C20H40O10Si3.C18H40O7Si3.2C8H24O2Si3/c1-31(2,11-7-9-23-13-17-15-25-19(21)27-17)29-33(5,6)30-32(3,4)12-8-10-24-14-18-16-26-20(22)28-18;1-20-11-8-9-13-26(2,3)24-28(6,7)25-27(4,5)14-10-12-21-15-17-16-22-18(19)23-17;2*1-11(2,3)9-13(7,8)10-12(4,5)6/h17-18H,7-16H2,1-6H3;17H,8-16H2,1-7H3;2*1-8H3. The minimum absolute atomic E-state index is 0.260. The van der Waals surface area contributed by atoms with Crippen LogP contribution in [-0.4, -0.2) is 211 Å².